The van der Waals surface area contributed by atoms with E-state index in [1.54, 1.807) is 23.0 Å². The van der Waals surface area contributed by atoms with Crippen LogP contribution in [0.25, 0.3) is 5.52 Å². The molecule has 3 N–H and O–H groups in total. The zero-order chi connectivity index (χ0) is 10.8. The topological polar surface area (TPSA) is 80.6 Å². The fourth-order valence-electron chi connectivity index (χ4n) is 1.48. The van der Waals surface area contributed by atoms with Gasteiger partial charge in [-0.25, -0.2) is 4.52 Å². The van der Waals surface area contributed by atoms with Crippen LogP contribution in [-0.2, 0) is 4.79 Å². The highest BCUT2D eigenvalue weighted by molar-refractivity contribution is 5.68. The van der Waals surface area contributed by atoms with Gasteiger partial charge in [0.25, 0.3) is 0 Å². The van der Waals surface area contributed by atoms with Crippen LogP contribution in [0.2, 0.25) is 0 Å². The Balaban J connectivity index is 2.30. The lowest BCUT2D eigenvalue weighted by molar-refractivity contribution is -0.137. The number of nitrogens with two attached hydrogens (primary N) is 1. The van der Waals surface area contributed by atoms with Gasteiger partial charge in [0.2, 0.25) is 0 Å². The maximum Gasteiger partial charge on any atom is 0.305 e. The highest BCUT2D eigenvalue weighted by atomic mass is 16.4. The first-order chi connectivity index (χ1) is 7.16. The van der Waals surface area contributed by atoms with Gasteiger partial charge in [0.15, 0.2) is 0 Å². The van der Waals surface area contributed by atoms with Gasteiger partial charge in [-0.15, -0.1) is 0 Å². The molecule has 2 aromatic rings. The molecule has 0 amide bonds. The van der Waals surface area contributed by atoms with Gasteiger partial charge >= 0.3 is 5.97 Å². The van der Waals surface area contributed by atoms with E-state index in [1.807, 2.05) is 12.1 Å². The van der Waals surface area contributed by atoms with Gasteiger partial charge in [-0.1, -0.05) is 0 Å². The Kier molecular flexibility index (Phi) is 2.39. The number of carbonyl (C=O) groups is 1. The molecule has 1 atom stereocenters. The molecule has 0 aliphatic heterocycles. The largest absolute Gasteiger partial charge is 0.481 e. The minimum absolute atomic E-state index is 0.0652. The Hall–Kier alpha value is -1.88. The lowest BCUT2D eigenvalue weighted by Gasteiger charge is -2.09. The SMILES string of the molecule is NC(CC(=O)O)c1ccn2nccc2c1. The predicted molar refractivity (Wildman–Crippen MR) is 54.4 cm³/mol. The van der Waals surface area contributed by atoms with Crippen LogP contribution in [0.1, 0.15) is 18.0 Å². The van der Waals surface area contributed by atoms with Crippen molar-refractivity contribution in [3.05, 3.63) is 36.2 Å². The van der Waals surface area contributed by atoms with E-state index in [9.17, 15) is 4.79 Å². The molecule has 5 nitrogen and oxygen atoms in total. The summed E-state index contributed by atoms with van der Waals surface area (Å²) >= 11 is 0. The predicted octanol–water partition coefficient (Wildman–Crippen LogP) is 0.809. The average Bonchev–Trinajstić information content (AvgIpc) is 2.62. The Morgan fingerprint density at radius 2 is 2.40 bits per heavy atom. The van der Waals surface area contributed by atoms with Crippen molar-refractivity contribution in [2.45, 2.75) is 12.5 Å². The summed E-state index contributed by atoms with van der Waals surface area (Å²) < 4.78 is 1.71. The summed E-state index contributed by atoms with van der Waals surface area (Å²) in [6.45, 7) is 0. The van der Waals surface area contributed by atoms with Crippen LogP contribution in [0.4, 0.5) is 0 Å². The number of rotatable bonds is 3. The van der Waals surface area contributed by atoms with Crippen LogP contribution in [0.3, 0.4) is 0 Å². The molecule has 5 heteroatoms. The van der Waals surface area contributed by atoms with Gasteiger partial charge in [-0.05, 0) is 23.8 Å². The number of aliphatic carboxylic acids is 1. The molecule has 2 heterocycles. The molecule has 0 saturated heterocycles. The summed E-state index contributed by atoms with van der Waals surface area (Å²) in [4.78, 5) is 10.5. The fraction of sp³-hybridized carbons (Fsp3) is 0.200. The number of nitrogens with zero attached hydrogens (tertiary/aromatic N) is 2. The second-order valence-corrected chi connectivity index (χ2v) is 3.37. The summed E-state index contributed by atoms with van der Waals surface area (Å²) in [6, 6.07) is 5.01. The number of fused-ring (bicyclic) bond motifs is 1. The molecular formula is C10H11N3O2. The first kappa shape index (κ1) is 9.67. The van der Waals surface area contributed by atoms with E-state index in [2.05, 4.69) is 5.10 Å². The summed E-state index contributed by atoms with van der Waals surface area (Å²) in [5, 5.41) is 12.7. The third-order valence-corrected chi connectivity index (χ3v) is 2.25. The van der Waals surface area contributed by atoms with Crippen molar-refractivity contribution in [1.29, 1.82) is 0 Å². The second kappa shape index (κ2) is 3.70. The average molecular weight is 205 g/mol. The van der Waals surface area contributed by atoms with E-state index < -0.39 is 12.0 Å². The van der Waals surface area contributed by atoms with E-state index in [-0.39, 0.29) is 6.42 Å². The van der Waals surface area contributed by atoms with Crippen LogP contribution in [0.5, 0.6) is 0 Å². The Morgan fingerprint density at radius 3 is 3.13 bits per heavy atom. The maximum atomic E-state index is 10.5. The van der Waals surface area contributed by atoms with Crippen LogP contribution in [0, 0.1) is 0 Å². The summed E-state index contributed by atoms with van der Waals surface area (Å²) in [5.41, 5.74) is 7.47. The number of pyridine rings is 1. The molecule has 78 valence electrons. The van der Waals surface area contributed by atoms with E-state index in [0.717, 1.165) is 11.1 Å². The van der Waals surface area contributed by atoms with Gasteiger partial charge in [0, 0.05) is 18.4 Å². The molecule has 15 heavy (non-hydrogen) atoms. The van der Waals surface area contributed by atoms with Crippen molar-refractivity contribution in [2.75, 3.05) is 0 Å². The van der Waals surface area contributed by atoms with Gasteiger partial charge in [-0.3, -0.25) is 4.79 Å². The molecule has 0 aliphatic rings. The van der Waals surface area contributed by atoms with Crippen molar-refractivity contribution in [3.63, 3.8) is 0 Å². The molecule has 1 unspecified atom stereocenters. The van der Waals surface area contributed by atoms with Crippen LogP contribution in [-0.4, -0.2) is 20.7 Å². The molecule has 0 radical (unpaired) electrons. The first-order valence-electron chi connectivity index (χ1n) is 4.57. The Labute approximate surface area is 86.1 Å². The highest BCUT2D eigenvalue weighted by Crippen LogP contribution is 2.15. The maximum absolute atomic E-state index is 10.5. The molecule has 0 spiro atoms. The smallest absolute Gasteiger partial charge is 0.305 e. The van der Waals surface area contributed by atoms with Gasteiger partial charge in [0.05, 0.1) is 11.9 Å². The van der Waals surface area contributed by atoms with Crippen molar-refractivity contribution in [3.8, 4) is 0 Å². The molecule has 0 fully saturated rings. The molecule has 0 aromatic carbocycles. The van der Waals surface area contributed by atoms with Gasteiger partial charge < -0.3 is 10.8 Å². The third kappa shape index (κ3) is 1.97. The van der Waals surface area contributed by atoms with Crippen molar-refractivity contribution >= 4 is 11.5 Å². The van der Waals surface area contributed by atoms with E-state index in [0.29, 0.717) is 0 Å². The second-order valence-electron chi connectivity index (χ2n) is 3.37. The number of aromatic nitrogens is 2. The molecule has 2 aromatic heterocycles. The van der Waals surface area contributed by atoms with Crippen molar-refractivity contribution in [1.82, 2.24) is 9.61 Å². The van der Waals surface area contributed by atoms with Gasteiger partial charge in [0.1, 0.15) is 0 Å². The molecular weight excluding hydrogens is 194 g/mol. The Morgan fingerprint density at radius 1 is 1.60 bits per heavy atom. The summed E-state index contributed by atoms with van der Waals surface area (Å²) in [7, 11) is 0. The minimum Gasteiger partial charge on any atom is -0.481 e. The number of carboxylic acid groups (broad SMARTS) is 1. The number of hydrogen-bond donors (Lipinski definition) is 2. The normalized spacial score (nSPS) is 12.9. The molecule has 0 aliphatic carbocycles. The monoisotopic (exact) mass is 205 g/mol. The summed E-state index contributed by atoms with van der Waals surface area (Å²) in [5.74, 6) is -0.893. The first-order valence-corrected chi connectivity index (χ1v) is 4.57. The van der Waals surface area contributed by atoms with Crippen molar-refractivity contribution in [2.24, 2.45) is 5.73 Å². The fourth-order valence-corrected chi connectivity index (χ4v) is 1.48. The van der Waals surface area contributed by atoms with E-state index >= 15 is 0 Å². The summed E-state index contributed by atoms with van der Waals surface area (Å²) in [6.07, 6.45) is 3.39. The standard InChI is InChI=1S/C10H11N3O2/c11-9(6-10(14)15)7-2-4-13-8(5-7)1-3-12-13/h1-5,9H,6,11H2,(H,14,15). The lowest BCUT2D eigenvalue weighted by Crippen LogP contribution is -2.15. The number of hydrogen-bond acceptors (Lipinski definition) is 3. The van der Waals surface area contributed by atoms with Crippen LogP contribution >= 0.6 is 0 Å². The van der Waals surface area contributed by atoms with E-state index in [1.165, 1.54) is 0 Å². The highest BCUT2D eigenvalue weighted by Gasteiger charge is 2.10. The van der Waals surface area contributed by atoms with Gasteiger partial charge in [-0.2, -0.15) is 5.10 Å². The quantitative estimate of drug-likeness (QED) is 0.776. The van der Waals surface area contributed by atoms with Crippen LogP contribution < -0.4 is 5.73 Å². The molecule has 0 bridgehead atoms. The van der Waals surface area contributed by atoms with Crippen LogP contribution in [0.15, 0.2) is 30.6 Å². The number of carboxylic acids is 1. The minimum atomic E-state index is -0.893. The molecule has 2 rings (SSSR count). The third-order valence-electron chi connectivity index (χ3n) is 2.25. The zero-order valence-electron chi connectivity index (χ0n) is 8.00. The van der Waals surface area contributed by atoms with Crippen molar-refractivity contribution < 1.29 is 9.90 Å². The lowest BCUT2D eigenvalue weighted by atomic mass is 10.1. The van der Waals surface area contributed by atoms with E-state index in [4.69, 9.17) is 10.8 Å². The Bertz CT molecular complexity index is 492. The molecule has 0 saturated carbocycles. The zero-order valence-corrected chi connectivity index (χ0v) is 8.00.